The van der Waals surface area contributed by atoms with Crippen LogP contribution in [0.5, 0.6) is 0 Å². The van der Waals surface area contributed by atoms with Gasteiger partial charge >= 0.3 is 0 Å². The maximum absolute atomic E-state index is 5.41. The van der Waals surface area contributed by atoms with E-state index in [4.69, 9.17) is 5.73 Å². The second-order valence-electron chi connectivity index (χ2n) is 1.50. The molecule has 0 spiro atoms. The summed E-state index contributed by atoms with van der Waals surface area (Å²) in [5.74, 6) is 0. The van der Waals surface area contributed by atoms with Crippen LogP contribution >= 0.6 is 11.8 Å². The predicted octanol–water partition coefficient (Wildman–Crippen LogP) is 1.32. The van der Waals surface area contributed by atoms with Crippen molar-refractivity contribution in [3.8, 4) is 0 Å². The van der Waals surface area contributed by atoms with E-state index in [1.807, 2.05) is 12.3 Å². The normalized spacial score (nSPS) is 9.62. The Morgan fingerprint density at radius 3 is 2.75 bits per heavy atom. The Labute approximate surface area is 52.5 Å². The van der Waals surface area contributed by atoms with Crippen LogP contribution in [-0.4, -0.2) is 11.2 Å². The van der Waals surface area contributed by atoms with Crippen LogP contribution in [0.25, 0.3) is 0 Å². The molecule has 0 amide bonds. The first-order valence-corrected chi connectivity index (χ1v) is 3.53. The number of nitrogens with two attached hydrogens (primary N) is 1. The van der Waals surface area contributed by atoms with Gasteiger partial charge in [0.1, 0.15) is 0 Å². The number of aromatic amines is 1. The summed E-state index contributed by atoms with van der Waals surface area (Å²) in [5, 5.41) is 1.11. The van der Waals surface area contributed by atoms with Gasteiger partial charge in [0.15, 0.2) is 0 Å². The Morgan fingerprint density at radius 1 is 1.75 bits per heavy atom. The van der Waals surface area contributed by atoms with Crippen molar-refractivity contribution in [1.82, 2.24) is 4.98 Å². The highest BCUT2D eigenvalue weighted by atomic mass is 32.2. The molecule has 3 N–H and O–H groups in total. The quantitative estimate of drug-likeness (QED) is 0.560. The van der Waals surface area contributed by atoms with Gasteiger partial charge < -0.3 is 10.7 Å². The maximum atomic E-state index is 5.41. The SMILES string of the molecule is CSc1cc(N)c[nH]1. The number of aromatic nitrogens is 1. The first-order valence-electron chi connectivity index (χ1n) is 2.31. The minimum atomic E-state index is 0.800. The van der Waals surface area contributed by atoms with Gasteiger partial charge in [-0.2, -0.15) is 0 Å². The van der Waals surface area contributed by atoms with E-state index in [0.29, 0.717) is 0 Å². The molecule has 1 rings (SSSR count). The van der Waals surface area contributed by atoms with Crippen molar-refractivity contribution in [1.29, 1.82) is 0 Å². The van der Waals surface area contributed by atoms with E-state index in [0.717, 1.165) is 10.7 Å². The molecule has 0 bridgehead atoms. The van der Waals surface area contributed by atoms with Crippen molar-refractivity contribution < 1.29 is 0 Å². The highest BCUT2D eigenvalue weighted by Crippen LogP contribution is 2.14. The Hall–Kier alpha value is -0.570. The minimum absolute atomic E-state index is 0.800. The summed E-state index contributed by atoms with van der Waals surface area (Å²) in [7, 11) is 0. The number of anilines is 1. The number of hydrogen-bond acceptors (Lipinski definition) is 2. The molecular weight excluding hydrogens is 120 g/mol. The monoisotopic (exact) mass is 128 g/mol. The number of nitrogen functional groups attached to an aromatic ring is 1. The molecule has 1 aromatic rings. The third-order valence-corrected chi connectivity index (χ3v) is 1.57. The van der Waals surface area contributed by atoms with Gasteiger partial charge in [0.25, 0.3) is 0 Å². The smallest absolute Gasteiger partial charge is 0.0740 e. The molecule has 0 fully saturated rings. The van der Waals surface area contributed by atoms with E-state index in [9.17, 15) is 0 Å². The summed E-state index contributed by atoms with van der Waals surface area (Å²) in [6, 6.07) is 1.91. The van der Waals surface area contributed by atoms with Crippen molar-refractivity contribution in [2.24, 2.45) is 0 Å². The average Bonchev–Trinajstić information content (AvgIpc) is 2.14. The summed E-state index contributed by atoms with van der Waals surface area (Å²) < 4.78 is 0. The molecule has 0 aromatic carbocycles. The van der Waals surface area contributed by atoms with E-state index < -0.39 is 0 Å². The summed E-state index contributed by atoms with van der Waals surface area (Å²) in [6.07, 6.45) is 3.79. The molecule has 0 saturated heterocycles. The van der Waals surface area contributed by atoms with Gasteiger partial charge in [0.05, 0.1) is 10.7 Å². The first-order chi connectivity index (χ1) is 3.83. The lowest BCUT2D eigenvalue weighted by molar-refractivity contribution is 1.21. The standard InChI is InChI=1S/C5H8N2S/c1-8-5-2-4(6)3-7-5/h2-3,7H,6H2,1H3. The molecule has 1 aromatic heterocycles. The molecule has 0 aliphatic carbocycles. The molecular formula is C5H8N2S. The summed E-state index contributed by atoms with van der Waals surface area (Å²) >= 11 is 1.65. The minimum Gasteiger partial charge on any atom is -0.397 e. The molecule has 0 saturated carbocycles. The van der Waals surface area contributed by atoms with Crippen LogP contribution in [0, 0.1) is 0 Å². The Bertz CT molecular complexity index is 171. The van der Waals surface area contributed by atoms with Crippen molar-refractivity contribution in [3.05, 3.63) is 12.3 Å². The van der Waals surface area contributed by atoms with Crippen LogP contribution < -0.4 is 5.73 Å². The summed E-state index contributed by atoms with van der Waals surface area (Å²) in [5.41, 5.74) is 6.21. The van der Waals surface area contributed by atoms with E-state index in [-0.39, 0.29) is 0 Å². The van der Waals surface area contributed by atoms with Gasteiger partial charge in [-0.05, 0) is 12.3 Å². The lowest BCUT2D eigenvalue weighted by atomic mass is 10.6. The molecule has 0 atom stereocenters. The van der Waals surface area contributed by atoms with Gasteiger partial charge in [-0.3, -0.25) is 0 Å². The molecule has 8 heavy (non-hydrogen) atoms. The zero-order chi connectivity index (χ0) is 5.98. The van der Waals surface area contributed by atoms with E-state index >= 15 is 0 Å². The fraction of sp³-hybridized carbons (Fsp3) is 0.200. The summed E-state index contributed by atoms with van der Waals surface area (Å²) in [4.78, 5) is 2.99. The second-order valence-corrected chi connectivity index (χ2v) is 2.35. The largest absolute Gasteiger partial charge is 0.397 e. The first kappa shape index (κ1) is 5.56. The van der Waals surface area contributed by atoms with Crippen LogP contribution in [0.15, 0.2) is 17.3 Å². The van der Waals surface area contributed by atoms with Crippen LogP contribution in [0.4, 0.5) is 5.69 Å². The third-order valence-electron chi connectivity index (χ3n) is 0.899. The highest BCUT2D eigenvalue weighted by molar-refractivity contribution is 7.98. The zero-order valence-corrected chi connectivity index (χ0v) is 5.46. The second kappa shape index (κ2) is 2.13. The molecule has 44 valence electrons. The van der Waals surface area contributed by atoms with Gasteiger partial charge in [-0.25, -0.2) is 0 Å². The van der Waals surface area contributed by atoms with Crippen molar-refractivity contribution in [2.45, 2.75) is 5.03 Å². The Kier molecular flexibility index (Phi) is 1.48. The van der Waals surface area contributed by atoms with Crippen LogP contribution in [0.2, 0.25) is 0 Å². The predicted molar refractivity (Wildman–Crippen MR) is 37.0 cm³/mol. The number of H-pyrrole nitrogens is 1. The van der Waals surface area contributed by atoms with Crippen molar-refractivity contribution in [3.63, 3.8) is 0 Å². The molecule has 0 aliphatic rings. The third kappa shape index (κ3) is 0.980. The molecule has 3 heteroatoms. The van der Waals surface area contributed by atoms with E-state index in [2.05, 4.69) is 4.98 Å². The Morgan fingerprint density at radius 2 is 2.50 bits per heavy atom. The molecule has 2 nitrogen and oxygen atoms in total. The fourth-order valence-corrected chi connectivity index (χ4v) is 0.938. The molecule has 1 heterocycles. The van der Waals surface area contributed by atoms with Gasteiger partial charge in [-0.15, -0.1) is 11.8 Å². The van der Waals surface area contributed by atoms with Gasteiger partial charge in [0.2, 0.25) is 0 Å². The van der Waals surface area contributed by atoms with Crippen molar-refractivity contribution >= 4 is 17.4 Å². The lowest BCUT2D eigenvalue weighted by Gasteiger charge is -1.81. The number of rotatable bonds is 1. The van der Waals surface area contributed by atoms with E-state index in [1.165, 1.54) is 0 Å². The fourth-order valence-electron chi connectivity index (χ4n) is 0.507. The number of hydrogen-bond donors (Lipinski definition) is 2. The zero-order valence-electron chi connectivity index (χ0n) is 4.64. The lowest BCUT2D eigenvalue weighted by Crippen LogP contribution is -1.75. The number of nitrogens with one attached hydrogen (secondary N) is 1. The molecule has 0 unspecified atom stereocenters. The van der Waals surface area contributed by atoms with Crippen LogP contribution in [0.3, 0.4) is 0 Å². The van der Waals surface area contributed by atoms with Crippen LogP contribution in [-0.2, 0) is 0 Å². The highest BCUT2D eigenvalue weighted by Gasteiger charge is 1.89. The maximum Gasteiger partial charge on any atom is 0.0740 e. The Balaban J connectivity index is 2.84. The van der Waals surface area contributed by atoms with Gasteiger partial charge in [-0.1, -0.05) is 0 Å². The summed E-state index contributed by atoms with van der Waals surface area (Å²) in [6.45, 7) is 0. The van der Waals surface area contributed by atoms with Gasteiger partial charge in [0, 0.05) is 6.20 Å². The topological polar surface area (TPSA) is 41.8 Å². The van der Waals surface area contributed by atoms with E-state index in [1.54, 1.807) is 18.0 Å². The van der Waals surface area contributed by atoms with Crippen molar-refractivity contribution in [2.75, 3.05) is 12.0 Å². The average molecular weight is 128 g/mol. The number of thioether (sulfide) groups is 1. The molecule has 0 aliphatic heterocycles. The molecule has 0 radical (unpaired) electrons. The van der Waals surface area contributed by atoms with Crippen LogP contribution in [0.1, 0.15) is 0 Å².